The van der Waals surface area contributed by atoms with Crippen molar-refractivity contribution in [3.8, 4) is 6.07 Å². The number of rotatable bonds is 3. The van der Waals surface area contributed by atoms with E-state index in [1.807, 2.05) is 13.0 Å². The van der Waals surface area contributed by atoms with Gasteiger partial charge in [0.05, 0.1) is 52.4 Å². The third-order valence-corrected chi connectivity index (χ3v) is 7.35. The first kappa shape index (κ1) is 20.6. The molecule has 4 aliphatic heterocycles. The van der Waals surface area contributed by atoms with Crippen molar-refractivity contribution in [3.63, 3.8) is 0 Å². The Morgan fingerprint density at radius 2 is 2.23 bits per heavy atom. The third-order valence-electron chi connectivity index (χ3n) is 7.04. The molecule has 164 valence electrons. The molecular formula is C22H24ClN3O5. The molecule has 0 saturated carbocycles. The molecule has 4 heterocycles. The lowest BCUT2D eigenvalue weighted by Crippen LogP contribution is -2.61. The van der Waals surface area contributed by atoms with Crippen LogP contribution in [0.15, 0.2) is 18.2 Å². The van der Waals surface area contributed by atoms with Crippen LogP contribution in [0.25, 0.3) is 0 Å². The SMILES string of the molecule is CC(C)OC(=O)N[C@H]1C[C@@]2(C)O[C@@]13CCO[C@H]1[C@@H]3[C@@H]2C(=O)N1c1ccc(C#N)c(Cl)c1. The summed E-state index contributed by atoms with van der Waals surface area (Å²) >= 11 is 6.24. The van der Waals surface area contributed by atoms with Crippen LogP contribution in [-0.4, -0.2) is 48.2 Å². The van der Waals surface area contributed by atoms with E-state index < -0.39 is 23.5 Å². The number of ether oxygens (including phenoxy) is 3. The Bertz CT molecular complexity index is 1010. The second-order valence-corrected chi connectivity index (χ2v) is 9.63. The van der Waals surface area contributed by atoms with Gasteiger partial charge in [0, 0.05) is 18.5 Å². The Balaban J connectivity index is 1.50. The van der Waals surface area contributed by atoms with E-state index in [9.17, 15) is 9.59 Å². The highest BCUT2D eigenvalue weighted by atomic mass is 35.5. The van der Waals surface area contributed by atoms with Gasteiger partial charge < -0.3 is 19.5 Å². The quantitative estimate of drug-likeness (QED) is 0.767. The van der Waals surface area contributed by atoms with Crippen LogP contribution in [0.2, 0.25) is 5.02 Å². The van der Waals surface area contributed by atoms with Gasteiger partial charge >= 0.3 is 6.09 Å². The molecular weight excluding hydrogens is 422 g/mol. The number of benzene rings is 1. The second kappa shape index (κ2) is 6.83. The smallest absolute Gasteiger partial charge is 0.407 e. The zero-order valence-electron chi connectivity index (χ0n) is 17.6. The Kier molecular flexibility index (Phi) is 4.53. The summed E-state index contributed by atoms with van der Waals surface area (Å²) in [5.74, 6) is -0.692. The number of hydrogen-bond acceptors (Lipinski definition) is 6. The number of fused-ring (bicyclic) bond motifs is 2. The van der Waals surface area contributed by atoms with E-state index in [4.69, 9.17) is 31.1 Å². The molecule has 1 N–H and O–H groups in total. The Hall–Kier alpha value is -2.34. The highest BCUT2D eigenvalue weighted by Crippen LogP contribution is 2.65. The normalized spacial score (nSPS) is 37.7. The summed E-state index contributed by atoms with van der Waals surface area (Å²) in [7, 11) is 0. The maximum absolute atomic E-state index is 13.6. The summed E-state index contributed by atoms with van der Waals surface area (Å²) in [5, 5.41) is 12.4. The van der Waals surface area contributed by atoms with Crippen molar-refractivity contribution in [2.45, 2.75) is 63.2 Å². The van der Waals surface area contributed by atoms with Gasteiger partial charge in [-0.25, -0.2) is 4.79 Å². The monoisotopic (exact) mass is 445 g/mol. The predicted octanol–water partition coefficient (Wildman–Crippen LogP) is 2.97. The molecule has 8 nitrogen and oxygen atoms in total. The number of nitrogens with one attached hydrogen (secondary N) is 1. The summed E-state index contributed by atoms with van der Waals surface area (Å²) in [4.78, 5) is 27.6. The van der Waals surface area contributed by atoms with Gasteiger partial charge in [0.1, 0.15) is 12.3 Å². The van der Waals surface area contributed by atoms with E-state index in [0.29, 0.717) is 30.7 Å². The molecule has 0 radical (unpaired) electrons. The minimum Gasteiger partial charge on any atom is -0.447 e. The molecule has 2 bridgehead atoms. The number of halogens is 1. The zero-order chi connectivity index (χ0) is 22.1. The molecule has 1 spiro atoms. The molecule has 9 heteroatoms. The molecule has 1 aromatic carbocycles. The number of carbonyl (C=O) groups is 2. The third kappa shape index (κ3) is 2.80. The fourth-order valence-corrected chi connectivity index (χ4v) is 6.24. The van der Waals surface area contributed by atoms with Crippen LogP contribution in [0, 0.1) is 23.2 Å². The van der Waals surface area contributed by atoms with Crippen molar-refractivity contribution in [2.24, 2.45) is 11.8 Å². The maximum Gasteiger partial charge on any atom is 0.407 e. The molecule has 0 aliphatic carbocycles. The first-order valence-corrected chi connectivity index (χ1v) is 10.9. The van der Waals surface area contributed by atoms with Crippen molar-refractivity contribution in [1.29, 1.82) is 5.26 Å². The van der Waals surface area contributed by atoms with Crippen LogP contribution < -0.4 is 10.2 Å². The largest absolute Gasteiger partial charge is 0.447 e. The Labute approximate surface area is 185 Å². The standard InChI is InChI=1S/C22H24ClN3O5/c1-11(2)30-20(28)25-15-9-21(3)16-17-19(29-7-6-22(15,17)31-21)26(18(16)27)13-5-4-12(10-24)14(23)8-13/h4-5,8,11,15-17,19H,6-7,9H2,1-3H3,(H,25,28)/t15-,16+,17-,19-,21+,22-/m0/s1. The van der Waals surface area contributed by atoms with Gasteiger partial charge in [0.15, 0.2) is 0 Å². The van der Waals surface area contributed by atoms with Gasteiger partial charge in [-0.2, -0.15) is 5.26 Å². The number of carbonyl (C=O) groups excluding carboxylic acids is 2. The lowest BCUT2D eigenvalue weighted by Gasteiger charge is -2.45. The van der Waals surface area contributed by atoms with E-state index in [1.54, 1.807) is 36.9 Å². The lowest BCUT2D eigenvalue weighted by molar-refractivity contribution is -0.144. The fourth-order valence-electron chi connectivity index (χ4n) is 6.03. The van der Waals surface area contributed by atoms with Gasteiger partial charge in [-0.3, -0.25) is 9.69 Å². The predicted molar refractivity (Wildman–Crippen MR) is 110 cm³/mol. The molecule has 0 unspecified atom stereocenters. The van der Waals surface area contributed by atoms with Crippen LogP contribution in [0.1, 0.15) is 39.2 Å². The molecule has 4 saturated heterocycles. The molecule has 5 rings (SSSR count). The minimum absolute atomic E-state index is 0.0785. The second-order valence-electron chi connectivity index (χ2n) is 9.22. The molecule has 31 heavy (non-hydrogen) atoms. The zero-order valence-corrected chi connectivity index (χ0v) is 18.3. The number of nitrogens with zero attached hydrogens (tertiary/aromatic N) is 2. The Morgan fingerprint density at radius 1 is 1.45 bits per heavy atom. The molecule has 4 fully saturated rings. The molecule has 4 aliphatic rings. The topological polar surface area (TPSA) is 101 Å². The number of amides is 2. The van der Waals surface area contributed by atoms with Crippen LogP contribution in [-0.2, 0) is 19.0 Å². The molecule has 0 aromatic heterocycles. The van der Waals surface area contributed by atoms with E-state index >= 15 is 0 Å². The first-order valence-electron chi connectivity index (χ1n) is 10.5. The van der Waals surface area contributed by atoms with Crippen LogP contribution in [0.4, 0.5) is 10.5 Å². The van der Waals surface area contributed by atoms with Crippen molar-refractivity contribution in [3.05, 3.63) is 28.8 Å². The number of nitriles is 1. The molecule has 1 aromatic rings. The van der Waals surface area contributed by atoms with Gasteiger partial charge in [-0.05, 0) is 39.0 Å². The van der Waals surface area contributed by atoms with Crippen LogP contribution >= 0.6 is 11.6 Å². The average Bonchev–Trinajstić information content (AvgIpc) is 3.25. The maximum atomic E-state index is 13.6. The van der Waals surface area contributed by atoms with Crippen molar-refractivity contribution >= 4 is 29.3 Å². The molecule has 2 amide bonds. The van der Waals surface area contributed by atoms with Gasteiger partial charge in [0.2, 0.25) is 5.91 Å². The highest BCUT2D eigenvalue weighted by Gasteiger charge is 2.78. The summed E-state index contributed by atoms with van der Waals surface area (Å²) in [6.07, 6.45) is -0.117. The number of anilines is 1. The summed E-state index contributed by atoms with van der Waals surface area (Å²) in [6.45, 7) is 5.94. The van der Waals surface area contributed by atoms with Crippen molar-refractivity contribution in [1.82, 2.24) is 5.32 Å². The summed E-state index contributed by atoms with van der Waals surface area (Å²) in [5.41, 5.74) is -0.466. The van der Waals surface area contributed by atoms with Crippen molar-refractivity contribution in [2.75, 3.05) is 11.5 Å². The average molecular weight is 446 g/mol. The van der Waals surface area contributed by atoms with E-state index in [1.165, 1.54) is 0 Å². The fraction of sp³-hybridized carbons (Fsp3) is 0.591. The van der Waals surface area contributed by atoms with Gasteiger partial charge in [-0.1, -0.05) is 11.6 Å². The van der Waals surface area contributed by atoms with E-state index in [2.05, 4.69) is 5.32 Å². The number of hydrogen-bond donors (Lipinski definition) is 1. The minimum atomic E-state index is -0.714. The van der Waals surface area contributed by atoms with Gasteiger partial charge in [0.25, 0.3) is 0 Å². The van der Waals surface area contributed by atoms with Gasteiger partial charge in [-0.15, -0.1) is 0 Å². The van der Waals surface area contributed by atoms with E-state index in [-0.39, 0.29) is 34.9 Å². The molecule has 6 atom stereocenters. The Morgan fingerprint density at radius 3 is 2.90 bits per heavy atom. The highest BCUT2D eigenvalue weighted by molar-refractivity contribution is 6.32. The lowest BCUT2D eigenvalue weighted by atomic mass is 9.64. The van der Waals surface area contributed by atoms with Crippen LogP contribution in [0.3, 0.4) is 0 Å². The summed E-state index contributed by atoms with van der Waals surface area (Å²) in [6, 6.07) is 6.72. The van der Waals surface area contributed by atoms with Crippen molar-refractivity contribution < 1.29 is 23.8 Å². The summed E-state index contributed by atoms with van der Waals surface area (Å²) < 4.78 is 17.9. The first-order chi connectivity index (χ1) is 14.7. The van der Waals surface area contributed by atoms with Crippen LogP contribution in [0.5, 0.6) is 0 Å². The van der Waals surface area contributed by atoms with E-state index in [0.717, 1.165) is 0 Å². The number of alkyl carbamates (subject to hydrolysis) is 1.